The molecule has 1 unspecified atom stereocenters. The molecule has 0 saturated carbocycles. The third-order valence-corrected chi connectivity index (χ3v) is 3.97. The minimum absolute atomic E-state index is 0.222. The van der Waals surface area contributed by atoms with Gasteiger partial charge in [0.25, 0.3) is 5.91 Å². The molecule has 0 aliphatic carbocycles. The topological polar surface area (TPSA) is 97.5 Å². The number of nitrogens with one attached hydrogen (secondary N) is 1. The second-order valence-corrected chi connectivity index (χ2v) is 5.69. The molecule has 1 fully saturated rings. The standard InChI is InChI=1S/C18H18N4O3/c1-2-3-16(23)21-13-4-5-15-12(10-13)6-8-20-17(15)22-9-7-14(11-22)25-18(19)24/h4-6,8,10,14H,7,9,11H2,1H3,(H2,19,24)(H,21,23). The second kappa shape index (κ2) is 7.09. The normalized spacial score (nSPS) is 16.2. The molecule has 1 atom stereocenters. The van der Waals surface area contributed by atoms with Gasteiger partial charge in [-0.1, -0.05) is 5.92 Å². The summed E-state index contributed by atoms with van der Waals surface area (Å²) in [5, 5.41) is 4.65. The quantitative estimate of drug-likeness (QED) is 0.833. The summed E-state index contributed by atoms with van der Waals surface area (Å²) in [6, 6.07) is 7.49. The molecule has 3 N–H and O–H groups in total. The second-order valence-electron chi connectivity index (χ2n) is 5.69. The number of aromatic nitrogens is 1. The third kappa shape index (κ3) is 3.80. The van der Waals surface area contributed by atoms with E-state index in [-0.39, 0.29) is 12.0 Å². The average molecular weight is 338 g/mol. The van der Waals surface area contributed by atoms with E-state index in [1.165, 1.54) is 0 Å². The molecule has 25 heavy (non-hydrogen) atoms. The van der Waals surface area contributed by atoms with Gasteiger partial charge in [-0.15, -0.1) is 0 Å². The van der Waals surface area contributed by atoms with Crippen molar-refractivity contribution in [2.24, 2.45) is 5.73 Å². The van der Waals surface area contributed by atoms with Gasteiger partial charge in [0, 0.05) is 30.2 Å². The molecule has 2 aromatic rings. The molecule has 0 spiro atoms. The van der Waals surface area contributed by atoms with Crippen LogP contribution in [0.3, 0.4) is 0 Å². The highest BCUT2D eigenvalue weighted by Crippen LogP contribution is 2.29. The summed E-state index contributed by atoms with van der Waals surface area (Å²) in [6.07, 6.45) is 1.46. The molecule has 1 aromatic carbocycles. The number of primary amides is 1. The zero-order chi connectivity index (χ0) is 17.8. The number of anilines is 2. The van der Waals surface area contributed by atoms with Gasteiger partial charge in [0.05, 0.1) is 6.54 Å². The highest BCUT2D eigenvalue weighted by Gasteiger charge is 2.26. The van der Waals surface area contributed by atoms with Crippen molar-refractivity contribution in [2.75, 3.05) is 23.3 Å². The number of hydrogen-bond acceptors (Lipinski definition) is 5. The van der Waals surface area contributed by atoms with Crippen molar-refractivity contribution in [3.63, 3.8) is 0 Å². The molecule has 0 radical (unpaired) electrons. The van der Waals surface area contributed by atoms with E-state index in [1.54, 1.807) is 13.1 Å². The Kier molecular flexibility index (Phi) is 4.70. The van der Waals surface area contributed by atoms with Crippen molar-refractivity contribution in [1.82, 2.24) is 4.98 Å². The molecule has 2 heterocycles. The van der Waals surface area contributed by atoms with Crippen molar-refractivity contribution in [3.05, 3.63) is 30.5 Å². The first-order valence-corrected chi connectivity index (χ1v) is 7.90. The molecule has 128 valence electrons. The van der Waals surface area contributed by atoms with E-state index < -0.39 is 6.09 Å². The van der Waals surface area contributed by atoms with Gasteiger partial charge >= 0.3 is 6.09 Å². The molecular weight excluding hydrogens is 320 g/mol. The average Bonchev–Trinajstić information content (AvgIpc) is 3.01. The van der Waals surface area contributed by atoms with Crippen LogP contribution in [0.1, 0.15) is 13.3 Å². The molecule has 7 heteroatoms. The monoisotopic (exact) mass is 338 g/mol. The lowest BCUT2D eigenvalue weighted by atomic mass is 10.1. The van der Waals surface area contributed by atoms with E-state index in [9.17, 15) is 9.59 Å². The van der Waals surface area contributed by atoms with Crippen molar-refractivity contribution in [1.29, 1.82) is 0 Å². The Hall–Kier alpha value is -3.27. The molecule has 1 aliphatic heterocycles. The van der Waals surface area contributed by atoms with Crippen molar-refractivity contribution >= 4 is 34.3 Å². The van der Waals surface area contributed by atoms with Crippen LogP contribution in [-0.4, -0.2) is 36.2 Å². The van der Waals surface area contributed by atoms with Gasteiger partial charge < -0.3 is 20.7 Å². The van der Waals surface area contributed by atoms with Gasteiger partial charge in [-0.25, -0.2) is 9.78 Å². The maximum absolute atomic E-state index is 11.6. The number of carbonyl (C=O) groups is 2. The van der Waals surface area contributed by atoms with Gasteiger partial charge in [0.2, 0.25) is 0 Å². The first-order chi connectivity index (χ1) is 12.1. The lowest BCUT2D eigenvalue weighted by Crippen LogP contribution is -2.27. The number of rotatable bonds is 3. The minimum atomic E-state index is -0.756. The molecule has 2 amide bonds. The van der Waals surface area contributed by atoms with Crippen LogP contribution in [0.25, 0.3) is 10.8 Å². The van der Waals surface area contributed by atoms with Crippen LogP contribution in [-0.2, 0) is 9.53 Å². The number of nitrogens with zero attached hydrogens (tertiary/aromatic N) is 2. The fourth-order valence-electron chi connectivity index (χ4n) is 2.95. The summed E-state index contributed by atoms with van der Waals surface area (Å²) >= 11 is 0. The minimum Gasteiger partial charge on any atom is -0.444 e. The molecule has 1 aliphatic rings. The Morgan fingerprint density at radius 3 is 3.00 bits per heavy atom. The van der Waals surface area contributed by atoms with E-state index in [4.69, 9.17) is 10.5 Å². The number of pyridine rings is 1. The number of benzene rings is 1. The van der Waals surface area contributed by atoms with Gasteiger partial charge in [-0.3, -0.25) is 4.79 Å². The van der Waals surface area contributed by atoms with Crippen molar-refractivity contribution in [3.8, 4) is 11.8 Å². The Labute approximate surface area is 145 Å². The van der Waals surface area contributed by atoms with E-state index in [0.29, 0.717) is 18.7 Å². The van der Waals surface area contributed by atoms with Gasteiger partial charge in [0.15, 0.2) is 0 Å². The summed E-state index contributed by atoms with van der Waals surface area (Å²) in [5.41, 5.74) is 5.76. The SMILES string of the molecule is CC#CC(=O)Nc1ccc2c(N3CCC(OC(N)=O)C3)nccc2c1. The summed E-state index contributed by atoms with van der Waals surface area (Å²) in [5.74, 6) is 5.49. The molecule has 1 aromatic heterocycles. The Bertz CT molecular complexity index is 885. The summed E-state index contributed by atoms with van der Waals surface area (Å²) in [7, 11) is 0. The fraction of sp³-hybridized carbons (Fsp3) is 0.278. The number of nitrogens with two attached hydrogens (primary N) is 1. The van der Waals surface area contributed by atoms with Gasteiger partial charge in [0.1, 0.15) is 11.9 Å². The van der Waals surface area contributed by atoms with E-state index in [0.717, 1.165) is 23.1 Å². The molecule has 0 bridgehead atoms. The Balaban J connectivity index is 1.84. The third-order valence-electron chi connectivity index (χ3n) is 3.97. The number of amides is 2. The highest BCUT2D eigenvalue weighted by atomic mass is 16.6. The lowest BCUT2D eigenvalue weighted by Gasteiger charge is -2.19. The number of hydrogen-bond donors (Lipinski definition) is 2. The summed E-state index contributed by atoms with van der Waals surface area (Å²) < 4.78 is 5.07. The van der Waals surface area contributed by atoms with Crippen LogP contribution in [0.4, 0.5) is 16.3 Å². The van der Waals surface area contributed by atoms with E-state index in [1.807, 2.05) is 24.3 Å². The number of ether oxygens (including phenoxy) is 1. The van der Waals surface area contributed by atoms with Gasteiger partial charge in [-0.2, -0.15) is 0 Å². The summed E-state index contributed by atoms with van der Waals surface area (Å²) in [6.45, 7) is 2.90. The molecule has 1 saturated heterocycles. The van der Waals surface area contributed by atoms with Gasteiger partial charge in [-0.05, 0) is 42.5 Å². The van der Waals surface area contributed by atoms with Crippen LogP contribution in [0.5, 0.6) is 0 Å². The smallest absolute Gasteiger partial charge is 0.404 e. The Morgan fingerprint density at radius 1 is 1.40 bits per heavy atom. The lowest BCUT2D eigenvalue weighted by molar-refractivity contribution is -0.111. The predicted octanol–water partition coefficient (Wildman–Crippen LogP) is 1.87. The van der Waals surface area contributed by atoms with Crippen LogP contribution < -0.4 is 16.0 Å². The summed E-state index contributed by atoms with van der Waals surface area (Å²) in [4.78, 5) is 29.0. The number of carbonyl (C=O) groups excluding carboxylic acids is 2. The molecule has 7 nitrogen and oxygen atoms in total. The maximum atomic E-state index is 11.6. The fourth-order valence-corrected chi connectivity index (χ4v) is 2.95. The first kappa shape index (κ1) is 16.6. The van der Waals surface area contributed by atoms with E-state index in [2.05, 4.69) is 27.0 Å². The van der Waals surface area contributed by atoms with Crippen molar-refractivity contribution in [2.45, 2.75) is 19.4 Å². The molecule has 3 rings (SSSR count). The number of fused-ring (bicyclic) bond motifs is 1. The molecular formula is C18H18N4O3. The van der Waals surface area contributed by atoms with Crippen molar-refractivity contribution < 1.29 is 14.3 Å². The zero-order valence-corrected chi connectivity index (χ0v) is 13.8. The predicted molar refractivity (Wildman–Crippen MR) is 95.1 cm³/mol. The largest absolute Gasteiger partial charge is 0.444 e. The van der Waals surface area contributed by atoms with Crippen LogP contribution >= 0.6 is 0 Å². The Morgan fingerprint density at radius 2 is 2.24 bits per heavy atom. The van der Waals surface area contributed by atoms with E-state index >= 15 is 0 Å². The van der Waals surface area contributed by atoms with Crippen LogP contribution in [0, 0.1) is 11.8 Å². The zero-order valence-electron chi connectivity index (χ0n) is 13.8. The van der Waals surface area contributed by atoms with Crippen LogP contribution in [0.15, 0.2) is 30.5 Å². The van der Waals surface area contributed by atoms with Crippen LogP contribution in [0.2, 0.25) is 0 Å². The highest BCUT2D eigenvalue weighted by molar-refractivity contribution is 6.05. The maximum Gasteiger partial charge on any atom is 0.404 e. The first-order valence-electron chi connectivity index (χ1n) is 7.90.